The zero-order valence-electron chi connectivity index (χ0n) is 16.2. The number of imide groups is 1. The topological polar surface area (TPSA) is 91.6 Å². The lowest BCUT2D eigenvalue weighted by atomic mass is 10.1. The molecule has 2 fully saturated rings. The van der Waals surface area contributed by atoms with E-state index in [1.807, 2.05) is 37.4 Å². The average Bonchev–Trinajstić information content (AvgIpc) is 3.41. The first-order valence-corrected chi connectivity index (χ1v) is 10.0. The van der Waals surface area contributed by atoms with Crippen LogP contribution in [-0.2, 0) is 9.59 Å². The smallest absolute Gasteiger partial charge is 0.254 e. The monoisotopic (exact) mass is 422 g/mol. The lowest BCUT2D eigenvalue weighted by molar-refractivity contribution is -0.124. The first-order valence-electron chi connectivity index (χ1n) is 9.67. The van der Waals surface area contributed by atoms with Crippen molar-refractivity contribution in [3.8, 4) is 0 Å². The van der Waals surface area contributed by atoms with Gasteiger partial charge in [-0.2, -0.15) is 9.61 Å². The third-order valence-electron chi connectivity index (χ3n) is 5.26. The number of benzene rings is 1. The highest BCUT2D eigenvalue weighted by atomic mass is 35.5. The molecule has 0 bridgehead atoms. The molecule has 1 saturated carbocycles. The molecule has 9 heteroatoms. The van der Waals surface area contributed by atoms with Crippen molar-refractivity contribution >= 4 is 52.5 Å². The van der Waals surface area contributed by atoms with Crippen molar-refractivity contribution in [2.24, 2.45) is 0 Å². The molecule has 0 atom stereocenters. The Kier molecular flexibility index (Phi) is 4.43. The Morgan fingerprint density at radius 1 is 1.30 bits per heavy atom. The van der Waals surface area contributed by atoms with Gasteiger partial charge in [0, 0.05) is 41.0 Å². The van der Waals surface area contributed by atoms with E-state index in [9.17, 15) is 9.59 Å². The standard InChI is InChI=1S/C21H19ClN6O2/c1-27(16-5-6-16)19-10-17(24-15-4-2-3-14(22)9-15)25-20-13(11-23-28(19)20)7-12-8-18(29)26-21(12)30/h2-4,7,9-11,16H,5-6,8H2,1H3,(H,24,25)(H,26,29,30)/b12-7+. The fourth-order valence-corrected chi connectivity index (χ4v) is 3.74. The molecular weight excluding hydrogens is 404 g/mol. The Labute approximate surface area is 177 Å². The number of fused-ring (bicyclic) bond motifs is 1. The van der Waals surface area contributed by atoms with Crippen LogP contribution in [0.3, 0.4) is 0 Å². The minimum absolute atomic E-state index is 0.0610. The molecule has 1 saturated heterocycles. The summed E-state index contributed by atoms with van der Waals surface area (Å²) < 4.78 is 1.77. The highest BCUT2D eigenvalue weighted by Crippen LogP contribution is 2.33. The molecule has 152 valence electrons. The Morgan fingerprint density at radius 3 is 2.83 bits per heavy atom. The fourth-order valence-electron chi connectivity index (χ4n) is 3.55. The molecule has 0 unspecified atom stereocenters. The van der Waals surface area contributed by atoms with Gasteiger partial charge < -0.3 is 10.2 Å². The quantitative estimate of drug-likeness (QED) is 0.484. The van der Waals surface area contributed by atoms with Crippen LogP contribution >= 0.6 is 11.6 Å². The van der Waals surface area contributed by atoms with E-state index in [1.165, 1.54) is 0 Å². The molecule has 0 radical (unpaired) electrons. The van der Waals surface area contributed by atoms with E-state index in [0.717, 1.165) is 24.3 Å². The number of aromatic nitrogens is 3. The summed E-state index contributed by atoms with van der Waals surface area (Å²) in [7, 11) is 2.04. The molecule has 1 aliphatic heterocycles. The highest BCUT2D eigenvalue weighted by Gasteiger charge is 2.29. The number of nitrogens with one attached hydrogen (secondary N) is 2. The van der Waals surface area contributed by atoms with Crippen molar-refractivity contribution in [2.75, 3.05) is 17.3 Å². The van der Waals surface area contributed by atoms with E-state index in [4.69, 9.17) is 16.6 Å². The Morgan fingerprint density at radius 2 is 2.13 bits per heavy atom. The van der Waals surface area contributed by atoms with Gasteiger partial charge in [0.1, 0.15) is 11.6 Å². The summed E-state index contributed by atoms with van der Waals surface area (Å²) in [5.41, 5.74) is 2.50. The van der Waals surface area contributed by atoms with Crippen LogP contribution in [0.25, 0.3) is 11.7 Å². The van der Waals surface area contributed by atoms with E-state index < -0.39 is 0 Å². The number of nitrogens with zero attached hydrogens (tertiary/aromatic N) is 4. The predicted molar refractivity (Wildman–Crippen MR) is 115 cm³/mol. The van der Waals surface area contributed by atoms with Gasteiger partial charge in [0.25, 0.3) is 5.91 Å². The molecule has 5 rings (SSSR count). The number of carbonyl (C=O) groups excluding carboxylic acids is 2. The van der Waals surface area contributed by atoms with Gasteiger partial charge in [0.15, 0.2) is 5.65 Å². The van der Waals surface area contributed by atoms with Crippen LogP contribution in [0.2, 0.25) is 5.02 Å². The normalized spacial score (nSPS) is 17.6. The van der Waals surface area contributed by atoms with Gasteiger partial charge in [0.2, 0.25) is 5.91 Å². The van der Waals surface area contributed by atoms with Crippen LogP contribution < -0.4 is 15.5 Å². The van der Waals surface area contributed by atoms with Crippen LogP contribution in [0, 0.1) is 0 Å². The second-order valence-corrected chi connectivity index (χ2v) is 7.97. The van der Waals surface area contributed by atoms with Gasteiger partial charge >= 0.3 is 0 Å². The third kappa shape index (κ3) is 3.50. The molecule has 0 spiro atoms. The van der Waals surface area contributed by atoms with Gasteiger partial charge in [-0.3, -0.25) is 14.9 Å². The number of hydrogen-bond donors (Lipinski definition) is 2. The number of carbonyl (C=O) groups is 2. The molecule has 3 aromatic rings. The Hall–Kier alpha value is -3.39. The van der Waals surface area contributed by atoms with Crippen LogP contribution in [-0.4, -0.2) is 39.5 Å². The van der Waals surface area contributed by atoms with Crippen molar-refractivity contribution in [3.63, 3.8) is 0 Å². The summed E-state index contributed by atoms with van der Waals surface area (Å²) in [5.74, 6) is 0.860. The van der Waals surface area contributed by atoms with Gasteiger partial charge in [-0.25, -0.2) is 4.98 Å². The summed E-state index contributed by atoms with van der Waals surface area (Å²) in [6.45, 7) is 0. The zero-order valence-corrected chi connectivity index (χ0v) is 17.0. The van der Waals surface area contributed by atoms with Crippen molar-refractivity contribution in [3.05, 3.63) is 52.7 Å². The molecule has 2 aromatic heterocycles. The van der Waals surface area contributed by atoms with E-state index in [0.29, 0.717) is 33.7 Å². The van der Waals surface area contributed by atoms with Crippen molar-refractivity contribution in [1.82, 2.24) is 19.9 Å². The number of amides is 2. The second-order valence-electron chi connectivity index (χ2n) is 7.54. The van der Waals surface area contributed by atoms with Crippen LogP contribution in [0.4, 0.5) is 17.3 Å². The maximum absolute atomic E-state index is 12.0. The Balaban J connectivity index is 1.61. The third-order valence-corrected chi connectivity index (χ3v) is 5.49. The summed E-state index contributed by atoms with van der Waals surface area (Å²) >= 11 is 6.11. The van der Waals surface area contributed by atoms with Gasteiger partial charge in [-0.1, -0.05) is 17.7 Å². The second kappa shape index (κ2) is 7.14. The summed E-state index contributed by atoms with van der Waals surface area (Å²) in [5, 5.41) is 10.7. The minimum atomic E-state index is -0.372. The molecular formula is C21H19ClN6O2. The maximum atomic E-state index is 12.0. The SMILES string of the molecule is CN(c1cc(Nc2cccc(Cl)c2)nc2c(/C=C3\CC(=O)NC3=O)cnn12)C1CC1. The minimum Gasteiger partial charge on any atom is -0.356 e. The maximum Gasteiger partial charge on any atom is 0.254 e. The molecule has 2 N–H and O–H groups in total. The van der Waals surface area contributed by atoms with Gasteiger partial charge in [0.05, 0.1) is 12.6 Å². The van der Waals surface area contributed by atoms with E-state index >= 15 is 0 Å². The predicted octanol–water partition coefficient (Wildman–Crippen LogP) is 3.15. The number of anilines is 3. The van der Waals surface area contributed by atoms with Crippen molar-refractivity contribution in [1.29, 1.82) is 0 Å². The van der Waals surface area contributed by atoms with Crippen LogP contribution in [0.5, 0.6) is 0 Å². The number of rotatable bonds is 5. The zero-order chi connectivity index (χ0) is 20.8. The molecule has 30 heavy (non-hydrogen) atoms. The lowest BCUT2D eigenvalue weighted by Gasteiger charge is -2.20. The van der Waals surface area contributed by atoms with Gasteiger partial charge in [-0.15, -0.1) is 0 Å². The number of halogens is 1. The molecule has 8 nitrogen and oxygen atoms in total. The molecule has 1 aliphatic carbocycles. The lowest BCUT2D eigenvalue weighted by Crippen LogP contribution is -2.23. The largest absolute Gasteiger partial charge is 0.356 e. The summed E-state index contributed by atoms with van der Waals surface area (Å²) in [6.07, 6.45) is 5.68. The van der Waals surface area contributed by atoms with E-state index in [1.54, 1.807) is 16.8 Å². The average molecular weight is 423 g/mol. The molecule has 3 heterocycles. The number of hydrogen-bond acceptors (Lipinski definition) is 6. The van der Waals surface area contributed by atoms with Crippen LogP contribution in [0.15, 0.2) is 42.1 Å². The fraction of sp³-hybridized carbons (Fsp3) is 0.238. The molecule has 2 amide bonds. The van der Waals surface area contributed by atoms with E-state index in [2.05, 4.69) is 20.6 Å². The molecule has 1 aromatic carbocycles. The summed E-state index contributed by atoms with van der Waals surface area (Å²) in [6, 6.07) is 9.83. The van der Waals surface area contributed by atoms with Crippen molar-refractivity contribution in [2.45, 2.75) is 25.3 Å². The van der Waals surface area contributed by atoms with E-state index in [-0.39, 0.29) is 18.2 Å². The van der Waals surface area contributed by atoms with Gasteiger partial charge in [-0.05, 0) is 37.1 Å². The first kappa shape index (κ1) is 18.6. The van der Waals surface area contributed by atoms with Crippen molar-refractivity contribution < 1.29 is 9.59 Å². The van der Waals surface area contributed by atoms with Crippen LogP contribution in [0.1, 0.15) is 24.8 Å². The first-order chi connectivity index (χ1) is 14.5. The highest BCUT2D eigenvalue weighted by molar-refractivity contribution is 6.30. The Bertz CT molecular complexity index is 1210. The summed E-state index contributed by atoms with van der Waals surface area (Å²) in [4.78, 5) is 30.4. The molecule has 2 aliphatic rings.